The van der Waals surface area contributed by atoms with Gasteiger partial charge in [-0.3, -0.25) is 9.48 Å². The van der Waals surface area contributed by atoms with Gasteiger partial charge < -0.3 is 10.4 Å². The third kappa shape index (κ3) is 2.80. The Kier molecular flexibility index (Phi) is 3.47. The first kappa shape index (κ1) is 13.8. The summed E-state index contributed by atoms with van der Waals surface area (Å²) in [7, 11) is 1.70. The summed E-state index contributed by atoms with van der Waals surface area (Å²) in [6.07, 6.45) is 3.51. The van der Waals surface area contributed by atoms with Crippen molar-refractivity contribution in [2.24, 2.45) is 13.0 Å². The number of benzene rings is 1. The van der Waals surface area contributed by atoms with Gasteiger partial charge in [-0.1, -0.05) is 35.5 Å². The predicted octanol–water partition coefficient (Wildman–Crippen LogP) is 0.843. The number of nitrogens with zero attached hydrogens (tertiary/aromatic N) is 3. The van der Waals surface area contributed by atoms with Crippen LogP contribution in [0.2, 0.25) is 0 Å². The number of aromatic nitrogens is 3. The van der Waals surface area contributed by atoms with Crippen LogP contribution in [0.5, 0.6) is 0 Å². The van der Waals surface area contributed by atoms with Crippen molar-refractivity contribution in [2.45, 2.75) is 18.4 Å². The normalized spacial score (nSPS) is 17.2. The molecule has 1 saturated carbocycles. The van der Waals surface area contributed by atoms with Crippen LogP contribution in [0, 0.1) is 5.92 Å². The maximum Gasteiger partial charge on any atom is 0.273 e. The smallest absolute Gasteiger partial charge is 0.273 e. The molecular weight excluding hydrogens is 268 g/mol. The molecule has 21 heavy (non-hydrogen) atoms. The molecule has 2 N–H and O–H groups in total. The third-order valence-corrected chi connectivity index (χ3v) is 3.88. The lowest BCUT2D eigenvalue weighted by atomic mass is 9.88. The maximum atomic E-state index is 12.0. The van der Waals surface area contributed by atoms with Crippen molar-refractivity contribution in [1.82, 2.24) is 20.3 Å². The van der Waals surface area contributed by atoms with Gasteiger partial charge in [-0.25, -0.2) is 0 Å². The number of hydrogen-bond acceptors (Lipinski definition) is 4. The molecule has 0 saturated heterocycles. The second-order valence-corrected chi connectivity index (χ2v) is 5.52. The Hall–Kier alpha value is -2.21. The Labute approximate surface area is 122 Å². The molecule has 1 aliphatic carbocycles. The molecule has 0 unspecified atom stereocenters. The topological polar surface area (TPSA) is 80.0 Å². The molecule has 110 valence electrons. The number of nitrogens with one attached hydrogen (secondary N) is 1. The van der Waals surface area contributed by atoms with Crippen LogP contribution in [0.4, 0.5) is 0 Å². The number of amides is 1. The quantitative estimate of drug-likeness (QED) is 0.853. The molecule has 0 spiro atoms. The molecule has 1 heterocycles. The fourth-order valence-corrected chi connectivity index (χ4v) is 2.53. The van der Waals surface area contributed by atoms with E-state index in [1.165, 1.54) is 4.68 Å². The summed E-state index contributed by atoms with van der Waals surface area (Å²) in [5.41, 5.74) is 0.0784. The molecule has 3 rings (SSSR count). The monoisotopic (exact) mass is 286 g/mol. The first-order valence-corrected chi connectivity index (χ1v) is 7.02. The highest BCUT2D eigenvalue weighted by atomic mass is 16.3. The molecule has 1 fully saturated rings. The van der Waals surface area contributed by atoms with E-state index >= 15 is 0 Å². The van der Waals surface area contributed by atoms with Crippen molar-refractivity contribution in [1.29, 1.82) is 0 Å². The average molecular weight is 286 g/mol. The largest absolute Gasteiger partial charge is 0.383 e. The van der Waals surface area contributed by atoms with Crippen molar-refractivity contribution in [3.05, 3.63) is 47.8 Å². The van der Waals surface area contributed by atoms with E-state index in [1.54, 1.807) is 13.2 Å². The van der Waals surface area contributed by atoms with E-state index in [0.29, 0.717) is 0 Å². The van der Waals surface area contributed by atoms with E-state index in [-0.39, 0.29) is 24.1 Å². The van der Waals surface area contributed by atoms with E-state index in [9.17, 15) is 9.90 Å². The summed E-state index contributed by atoms with van der Waals surface area (Å²) in [5, 5.41) is 21.2. The fraction of sp³-hybridized carbons (Fsp3) is 0.400. The molecular formula is C15H18N4O2. The molecule has 1 amide bonds. The lowest BCUT2D eigenvalue weighted by Gasteiger charge is -2.29. The van der Waals surface area contributed by atoms with Gasteiger partial charge in [0.15, 0.2) is 5.69 Å². The Morgan fingerprint density at radius 1 is 1.43 bits per heavy atom. The Balaban J connectivity index is 1.73. The molecule has 0 aliphatic heterocycles. The van der Waals surface area contributed by atoms with E-state index in [4.69, 9.17) is 0 Å². The average Bonchev–Trinajstić information content (AvgIpc) is 3.28. The number of rotatable bonds is 5. The molecule has 0 bridgehead atoms. The first-order chi connectivity index (χ1) is 10.1. The van der Waals surface area contributed by atoms with Gasteiger partial charge in [-0.15, -0.1) is 5.10 Å². The van der Waals surface area contributed by atoms with Crippen molar-refractivity contribution >= 4 is 5.91 Å². The minimum Gasteiger partial charge on any atom is -0.383 e. The molecule has 1 aromatic heterocycles. The van der Waals surface area contributed by atoms with Gasteiger partial charge >= 0.3 is 0 Å². The number of carbonyl (C=O) groups is 1. The number of aryl methyl sites for hydroxylation is 1. The molecule has 1 aliphatic rings. The predicted molar refractivity (Wildman–Crippen MR) is 76.4 cm³/mol. The van der Waals surface area contributed by atoms with Crippen LogP contribution in [-0.4, -0.2) is 32.6 Å². The molecule has 0 radical (unpaired) electrons. The zero-order valence-electron chi connectivity index (χ0n) is 11.9. The molecule has 1 aromatic carbocycles. The number of aliphatic hydroxyl groups is 1. The first-order valence-electron chi connectivity index (χ1n) is 7.02. The third-order valence-electron chi connectivity index (χ3n) is 3.88. The van der Waals surface area contributed by atoms with Crippen LogP contribution in [0.3, 0.4) is 0 Å². The van der Waals surface area contributed by atoms with Gasteiger partial charge in [0.1, 0.15) is 5.60 Å². The zero-order chi connectivity index (χ0) is 14.9. The fourth-order valence-electron chi connectivity index (χ4n) is 2.53. The Morgan fingerprint density at radius 3 is 2.71 bits per heavy atom. The highest BCUT2D eigenvalue weighted by molar-refractivity contribution is 5.91. The number of hydrogen-bond donors (Lipinski definition) is 2. The van der Waals surface area contributed by atoms with Gasteiger partial charge in [0.05, 0.1) is 12.7 Å². The van der Waals surface area contributed by atoms with Gasteiger partial charge in [0.25, 0.3) is 5.91 Å². The SMILES string of the molecule is Cn1cc(C(=O)NC[C@](O)(c2ccccc2)C2CC2)nn1. The van der Waals surface area contributed by atoms with Crippen molar-refractivity contribution in [2.75, 3.05) is 6.54 Å². The molecule has 2 aromatic rings. The summed E-state index contributed by atoms with van der Waals surface area (Å²) in [5.74, 6) is -0.125. The molecule has 6 nitrogen and oxygen atoms in total. The zero-order valence-corrected chi connectivity index (χ0v) is 11.9. The van der Waals surface area contributed by atoms with Crippen molar-refractivity contribution in [3.8, 4) is 0 Å². The summed E-state index contributed by atoms with van der Waals surface area (Å²) < 4.78 is 1.47. The molecule has 6 heteroatoms. The Bertz CT molecular complexity index is 636. The van der Waals surface area contributed by atoms with Gasteiger partial charge in [0.2, 0.25) is 0 Å². The van der Waals surface area contributed by atoms with Crippen LogP contribution in [0.1, 0.15) is 28.9 Å². The Morgan fingerprint density at radius 2 is 2.14 bits per heavy atom. The lowest BCUT2D eigenvalue weighted by Crippen LogP contribution is -2.42. The highest BCUT2D eigenvalue weighted by Crippen LogP contribution is 2.45. The summed E-state index contributed by atoms with van der Waals surface area (Å²) in [6, 6.07) is 9.49. The minimum atomic E-state index is -1.01. The lowest BCUT2D eigenvalue weighted by molar-refractivity contribution is 0.0134. The highest BCUT2D eigenvalue weighted by Gasteiger charge is 2.45. The maximum absolute atomic E-state index is 12.0. The summed E-state index contributed by atoms with van der Waals surface area (Å²) in [4.78, 5) is 12.0. The van der Waals surface area contributed by atoms with E-state index in [0.717, 1.165) is 18.4 Å². The van der Waals surface area contributed by atoms with Crippen LogP contribution in [0.25, 0.3) is 0 Å². The van der Waals surface area contributed by atoms with Crippen LogP contribution in [-0.2, 0) is 12.6 Å². The van der Waals surface area contributed by atoms with Crippen LogP contribution in [0.15, 0.2) is 36.5 Å². The van der Waals surface area contributed by atoms with Gasteiger partial charge in [-0.05, 0) is 24.3 Å². The summed E-state index contributed by atoms with van der Waals surface area (Å²) in [6.45, 7) is 0.178. The number of carbonyl (C=O) groups excluding carboxylic acids is 1. The van der Waals surface area contributed by atoms with E-state index in [1.807, 2.05) is 30.3 Å². The van der Waals surface area contributed by atoms with Crippen molar-refractivity contribution in [3.63, 3.8) is 0 Å². The van der Waals surface area contributed by atoms with Crippen molar-refractivity contribution < 1.29 is 9.90 Å². The van der Waals surface area contributed by atoms with Gasteiger partial charge in [-0.2, -0.15) is 0 Å². The van der Waals surface area contributed by atoms with Crippen LogP contribution >= 0.6 is 0 Å². The standard InChI is InChI=1S/C15H18N4O2/c1-19-9-13(17-18-19)14(20)16-10-15(21,12-7-8-12)11-5-3-2-4-6-11/h2-6,9,12,21H,7-8,10H2,1H3,(H,16,20)/t15-/m0/s1. The van der Waals surface area contributed by atoms with Gasteiger partial charge in [0, 0.05) is 7.05 Å². The van der Waals surface area contributed by atoms with Crippen LogP contribution < -0.4 is 5.32 Å². The molecule has 1 atom stereocenters. The minimum absolute atomic E-state index is 0.178. The summed E-state index contributed by atoms with van der Waals surface area (Å²) >= 11 is 0. The van der Waals surface area contributed by atoms with E-state index < -0.39 is 5.60 Å². The second-order valence-electron chi connectivity index (χ2n) is 5.52. The van der Waals surface area contributed by atoms with E-state index in [2.05, 4.69) is 15.6 Å². The second kappa shape index (κ2) is 5.29.